The summed E-state index contributed by atoms with van der Waals surface area (Å²) in [7, 11) is 1.70. The van der Waals surface area contributed by atoms with E-state index in [9.17, 15) is 0 Å². The molecule has 0 saturated carbocycles. The van der Waals surface area contributed by atoms with E-state index in [0.29, 0.717) is 19.3 Å². The maximum absolute atomic E-state index is 5.74. The van der Waals surface area contributed by atoms with Gasteiger partial charge in [-0.3, -0.25) is 4.90 Å². The predicted octanol–water partition coefficient (Wildman–Crippen LogP) is 1.50. The molecule has 1 aromatic carbocycles. The summed E-state index contributed by atoms with van der Waals surface area (Å²) in [4.78, 5) is 2.38. The number of rotatable bonds is 4. The van der Waals surface area contributed by atoms with E-state index < -0.39 is 0 Å². The van der Waals surface area contributed by atoms with E-state index in [0.717, 1.165) is 73.6 Å². The highest BCUT2D eigenvalue weighted by atomic mass is 16.6. The number of ether oxygens (including phenoxy) is 3. The summed E-state index contributed by atoms with van der Waals surface area (Å²) in [5.74, 6) is 4.53. The summed E-state index contributed by atoms with van der Waals surface area (Å²) in [6.07, 6.45) is 2.36. The highest BCUT2D eigenvalue weighted by Crippen LogP contribution is 2.37. The molecule has 0 aliphatic carbocycles. The van der Waals surface area contributed by atoms with Crippen molar-refractivity contribution in [1.82, 2.24) is 25.0 Å². The second-order valence-electron chi connectivity index (χ2n) is 7.29. The van der Waals surface area contributed by atoms with Gasteiger partial charge < -0.3 is 24.1 Å². The zero-order valence-corrected chi connectivity index (χ0v) is 15.6. The van der Waals surface area contributed by atoms with Crippen molar-refractivity contribution in [2.24, 2.45) is 0 Å². The van der Waals surface area contributed by atoms with Crippen molar-refractivity contribution in [1.29, 1.82) is 0 Å². The van der Waals surface area contributed by atoms with Crippen LogP contribution in [0.15, 0.2) is 12.1 Å². The summed E-state index contributed by atoms with van der Waals surface area (Å²) in [5, 5.41) is 12.5. The van der Waals surface area contributed by atoms with E-state index in [2.05, 4.69) is 25.0 Å². The number of nitrogens with one attached hydrogen (secondary N) is 1. The van der Waals surface area contributed by atoms with Crippen LogP contribution in [0.1, 0.15) is 36.1 Å². The van der Waals surface area contributed by atoms with Crippen LogP contribution in [0, 0.1) is 0 Å². The number of hydrogen-bond acceptors (Lipinski definition) is 7. The Kier molecular flexibility index (Phi) is 4.37. The van der Waals surface area contributed by atoms with Crippen LogP contribution in [0.3, 0.4) is 0 Å². The molecular weight excluding hydrogens is 346 g/mol. The van der Waals surface area contributed by atoms with Gasteiger partial charge in [0.1, 0.15) is 30.6 Å². The molecule has 27 heavy (non-hydrogen) atoms. The molecular formula is C19H25N5O3. The van der Waals surface area contributed by atoms with Crippen LogP contribution in [0.25, 0.3) is 0 Å². The third-order valence-corrected chi connectivity index (χ3v) is 5.57. The Morgan fingerprint density at radius 2 is 2.04 bits per heavy atom. The Morgan fingerprint density at radius 3 is 2.81 bits per heavy atom. The van der Waals surface area contributed by atoms with Crippen LogP contribution in [-0.4, -0.2) is 53.1 Å². The van der Waals surface area contributed by atoms with Gasteiger partial charge in [-0.15, -0.1) is 10.2 Å². The molecule has 8 nitrogen and oxygen atoms in total. The topological polar surface area (TPSA) is 73.7 Å². The van der Waals surface area contributed by atoms with Gasteiger partial charge in [0.05, 0.1) is 19.7 Å². The first-order chi connectivity index (χ1) is 13.3. The number of aromatic nitrogens is 3. The monoisotopic (exact) mass is 371 g/mol. The van der Waals surface area contributed by atoms with Crippen molar-refractivity contribution in [3.63, 3.8) is 0 Å². The van der Waals surface area contributed by atoms with Crippen LogP contribution >= 0.6 is 0 Å². The standard InChI is InChI=1S/C19H25N5O3/c1-25-15-10-17-16(26-7-8-27-17)9-13(15)11-23-5-6-24-18(12-23)21-22-19(24)14-3-2-4-20-14/h9-10,14,20H,2-8,11-12H2,1H3/t14-/m0/s1. The van der Waals surface area contributed by atoms with Crippen LogP contribution < -0.4 is 19.5 Å². The third kappa shape index (κ3) is 3.12. The summed E-state index contributed by atoms with van der Waals surface area (Å²) in [6.45, 7) is 5.69. The zero-order valence-electron chi connectivity index (χ0n) is 15.6. The van der Waals surface area contributed by atoms with Gasteiger partial charge in [0, 0.05) is 31.3 Å². The van der Waals surface area contributed by atoms with E-state index in [1.807, 2.05) is 12.1 Å². The average molecular weight is 371 g/mol. The van der Waals surface area contributed by atoms with Gasteiger partial charge in [-0.05, 0) is 25.5 Å². The van der Waals surface area contributed by atoms with Gasteiger partial charge in [-0.1, -0.05) is 0 Å². The Balaban J connectivity index is 1.34. The molecule has 1 N–H and O–H groups in total. The van der Waals surface area contributed by atoms with Crippen molar-refractivity contribution in [3.05, 3.63) is 29.3 Å². The highest BCUT2D eigenvalue weighted by Gasteiger charge is 2.28. The summed E-state index contributed by atoms with van der Waals surface area (Å²) in [5.41, 5.74) is 1.10. The smallest absolute Gasteiger partial charge is 0.165 e. The fraction of sp³-hybridized carbons (Fsp3) is 0.579. The highest BCUT2D eigenvalue weighted by molar-refractivity contribution is 5.51. The number of fused-ring (bicyclic) bond motifs is 2. The van der Waals surface area contributed by atoms with Crippen LogP contribution in [0.2, 0.25) is 0 Å². The van der Waals surface area contributed by atoms with E-state index >= 15 is 0 Å². The maximum Gasteiger partial charge on any atom is 0.165 e. The molecule has 3 aliphatic heterocycles. The summed E-state index contributed by atoms with van der Waals surface area (Å²) in [6, 6.07) is 4.33. The first-order valence-electron chi connectivity index (χ1n) is 9.66. The van der Waals surface area contributed by atoms with E-state index in [-0.39, 0.29) is 0 Å². The van der Waals surface area contributed by atoms with Crippen molar-refractivity contribution in [3.8, 4) is 17.2 Å². The van der Waals surface area contributed by atoms with Crippen molar-refractivity contribution in [2.45, 2.75) is 38.5 Å². The molecule has 2 aromatic rings. The largest absolute Gasteiger partial charge is 0.496 e. The quantitative estimate of drug-likeness (QED) is 0.873. The molecule has 144 valence electrons. The van der Waals surface area contributed by atoms with Gasteiger partial charge in [-0.2, -0.15) is 0 Å². The van der Waals surface area contributed by atoms with Crippen molar-refractivity contribution in [2.75, 3.05) is 33.4 Å². The van der Waals surface area contributed by atoms with Gasteiger partial charge in [0.2, 0.25) is 0 Å². The predicted molar refractivity (Wildman–Crippen MR) is 98.1 cm³/mol. The second-order valence-corrected chi connectivity index (χ2v) is 7.29. The minimum atomic E-state index is 0.357. The Bertz CT molecular complexity index is 831. The molecule has 0 spiro atoms. The van der Waals surface area contributed by atoms with E-state index in [1.54, 1.807) is 7.11 Å². The SMILES string of the molecule is COc1cc2c(cc1CN1CCn3c(nnc3[C@@H]3CCCN3)C1)OCCO2. The number of hydrogen-bond donors (Lipinski definition) is 1. The van der Waals surface area contributed by atoms with Crippen LogP contribution in [0.5, 0.6) is 17.2 Å². The molecule has 8 heteroatoms. The van der Waals surface area contributed by atoms with E-state index in [4.69, 9.17) is 14.2 Å². The lowest BCUT2D eigenvalue weighted by Gasteiger charge is -2.29. The molecule has 1 atom stereocenters. The maximum atomic E-state index is 5.74. The minimum Gasteiger partial charge on any atom is -0.496 e. The second kappa shape index (κ2) is 7.01. The lowest BCUT2D eigenvalue weighted by molar-refractivity contribution is 0.169. The Hall–Kier alpha value is -2.32. The Morgan fingerprint density at radius 1 is 1.19 bits per heavy atom. The van der Waals surface area contributed by atoms with Crippen LogP contribution in [-0.2, 0) is 19.6 Å². The third-order valence-electron chi connectivity index (χ3n) is 5.57. The molecule has 5 rings (SSSR count). The lowest BCUT2D eigenvalue weighted by atomic mass is 10.1. The van der Waals surface area contributed by atoms with Gasteiger partial charge >= 0.3 is 0 Å². The molecule has 0 bridgehead atoms. The average Bonchev–Trinajstić information content (AvgIpc) is 3.36. The molecule has 0 radical (unpaired) electrons. The number of nitrogens with zero attached hydrogens (tertiary/aromatic N) is 4. The van der Waals surface area contributed by atoms with Gasteiger partial charge in [0.15, 0.2) is 11.5 Å². The number of benzene rings is 1. The molecule has 4 heterocycles. The van der Waals surface area contributed by atoms with E-state index in [1.165, 1.54) is 6.42 Å². The lowest BCUT2D eigenvalue weighted by Crippen LogP contribution is -2.34. The fourth-order valence-corrected chi connectivity index (χ4v) is 4.19. The molecule has 1 aromatic heterocycles. The zero-order chi connectivity index (χ0) is 18.2. The van der Waals surface area contributed by atoms with Crippen molar-refractivity contribution < 1.29 is 14.2 Å². The number of methoxy groups -OCH3 is 1. The molecule has 0 amide bonds. The summed E-state index contributed by atoms with van der Waals surface area (Å²) >= 11 is 0. The fourth-order valence-electron chi connectivity index (χ4n) is 4.19. The van der Waals surface area contributed by atoms with Crippen LogP contribution in [0.4, 0.5) is 0 Å². The molecule has 3 aliphatic rings. The first kappa shape index (κ1) is 16.8. The summed E-state index contributed by atoms with van der Waals surface area (Å²) < 4.78 is 19.3. The molecule has 0 unspecified atom stereocenters. The molecule has 1 saturated heterocycles. The van der Waals surface area contributed by atoms with Crippen molar-refractivity contribution >= 4 is 0 Å². The van der Waals surface area contributed by atoms with Gasteiger partial charge in [-0.25, -0.2) is 0 Å². The molecule has 1 fully saturated rings. The minimum absolute atomic E-state index is 0.357. The Labute approximate surface area is 158 Å². The van der Waals surface area contributed by atoms with Gasteiger partial charge in [0.25, 0.3) is 0 Å². The first-order valence-corrected chi connectivity index (χ1v) is 9.66. The normalized spacial score (nSPS) is 21.9.